The van der Waals surface area contributed by atoms with Crippen LogP contribution >= 0.6 is 11.6 Å². The molecule has 2 rings (SSSR count). The van der Waals surface area contributed by atoms with E-state index in [1.54, 1.807) is 0 Å². The van der Waals surface area contributed by atoms with Crippen LogP contribution in [0.5, 0.6) is 0 Å². The fourth-order valence-corrected chi connectivity index (χ4v) is 1.72. The van der Waals surface area contributed by atoms with Crippen LogP contribution in [0.4, 0.5) is 5.82 Å². The molecule has 90 valence electrons. The first-order chi connectivity index (χ1) is 8.26. The molecule has 0 atom stereocenters. The van der Waals surface area contributed by atoms with E-state index >= 15 is 0 Å². The first kappa shape index (κ1) is 12.0. The molecule has 6 heteroatoms. The van der Waals surface area contributed by atoms with Crippen LogP contribution in [0, 0.1) is 0 Å². The Morgan fingerprint density at radius 2 is 1.76 bits per heavy atom. The predicted molar refractivity (Wildman–Crippen MR) is 66.1 cm³/mol. The molecule has 1 heterocycles. The number of rotatable bonds is 4. The summed E-state index contributed by atoms with van der Waals surface area (Å²) in [7, 11) is 0. The van der Waals surface area contributed by atoms with Gasteiger partial charge in [-0.15, -0.1) is 10.2 Å². The Hall–Kier alpha value is -1.43. The fourth-order valence-electron chi connectivity index (χ4n) is 1.52. The number of anilines is 1. The zero-order valence-corrected chi connectivity index (χ0v) is 9.72. The number of aliphatic hydroxyl groups is 2. The number of hydrogen-bond acceptors (Lipinski definition) is 5. The van der Waals surface area contributed by atoms with Crippen LogP contribution in [0.25, 0.3) is 10.8 Å². The third kappa shape index (κ3) is 2.46. The zero-order chi connectivity index (χ0) is 12.3. The molecular formula is C11H12ClN3O2. The summed E-state index contributed by atoms with van der Waals surface area (Å²) >= 11 is 5.93. The normalized spacial score (nSPS) is 11.1. The monoisotopic (exact) mass is 253 g/mol. The zero-order valence-electron chi connectivity index (χ0n) is 8.97. The van der Waals surface area contributed by atoms with Crippen LogP contribution in [0.2, 0.25) is 5.15 Å². The Kier molecular flexibility index (Phi) is 3.73. The quantitative estimate of drug-likeness (QED) is 0.759. The molecular weight excluding hydrogens is 242 g/mol. The van der Waals surface area contributed by atoms with Crippen molar-refractivity contribution in [1.82, 2.24) is 10.2 Å². The number of halogens is 1. The summed E-state index contributed by atoms with van der Waals surface area (Å²) in [6.07, 6.45) is 0. The van der Waals surface area contributed by atoms with E-state index in [-0.39, 0.29) is 13.2 Å². The highest BCUT2D eigenvalue weighted by molar-refractivity contribution is 6.34. The molecule has 1 aromatic heterocycles. The molecule has 0 bridgehead atoms. The summed E-state index contributed by atoms with van der Waals surface area (Å²) in [5, 5.41) is 30.6. The highest BCUT2D eigenvalue weighted by atomic mass is 35.5. The Labute approximate surface area is 103 Å². The second kappa shape index (κ2) is 5.27. The van der Waals surface area contributed by atoms with Gasteiger partial charge in [-0.3, -0.25) is 0 Å². The number of aromatic nitrogens is 2. The van der Waals surface area contributed by atoms with Crippen LogP contribution in [0.15, 0.2) is 24.3 Å². The Bertz CT molecular complexity index is 517. The molecule has 0 aliphatic rings. The van der Waals surface area contributed by atoms with E-state index in [9.17, 15) is 0 Å². The van der Waals surface area contributed by atoms with Crippen molar-refractivity contribution in [2.24, 2.45) is 0 Å². The summed E-state index contributed by atoms with van der Waals surface area (Å²) in [5.74, 6) is 0.498. The molecule has 0 radical (unpaired) electrons. The third-order valence-electron chi connectivity index (χ3n) is 2.42. The number of benzene rings is 1. The molecule has 0 aliphatic heterocycles. The smallest absolute Gasteiger partial charge is 0.159 e. The van der Waals surface area contributed by atoms with Crippen molar-refractivity contribution in [2.75, 3.05) is 18.5 Å². The predicted octanol–water partition coefficient (Wildman–Crippen LogP) is 1.05. The summed E-state index contributed by atoms with van der Waals surface area (Å²) in [6, 6.07) is 6.94. The lowest BCUT2D eigenvalue weighted by molar-refractivity contribution is 0.203. The molecule has 3 N–H and O–H groups in total. The van der Waals surface area contributed by atoms with Gasteiger partial charge in [-0.05, 0) is 0 Å². The Morgan fingerprint density at radius 3 is 2.41 bits per heavy atom. The molecule has 17 heavy (non-hydrogen) atoms. The molecule has 0 amide bonds. The first-order valence-electron chi connectivity index (χ1n) is 5.15. The van der Waals surface area contributed by atoms with Crippen LogP contribution in [-0.4, -0.2) is 39.7 Å². The van der Waals surface area contributed by atoms with Crippen molar-refractivity contribution in [3.8, 4) is 0 Å². The van der Waals surface area contributed by atoms with Crippen LogP contribution in [-0.2, 0) is 0 Å². The van der Waals surface area contributed by atoms with Gasteiger partial charge < -0.3 is 15.5 Å². The topological polar surface area (TPSA) is 78.3 Å². The minimum Gasteiger partial charge on any atom is -0.394 e. The lowest BCUT2D eigenvalue weighted by Gasteiger charge is -2.15. The lowest BCUT2D eigenvalue weighted by Crippen LogP contribution is -2.28. The van der Waals surface area contributed by atoms with Gasteiger partial charge in [-0.2, -0.15) is 0 Å². The van der Waals surface area contributed by atoms with Crippen molar-refractivity contribution < 1.29 is 10.2 Å². The number of fused-ring (bicyclic) bond motifs is 1. The van der Waals surface area contributed by atoms with Gasteiger partial charge in [-0.25, -0.2) is 0 Å². The van der Waals surface area contributed by atoms with E-state index in [1.807, 2.05) is 24.3 Å². The number of nitrogens with zero attached hydrogens (tertiary/aromatic N) is 2. The van der Waals surface area contributed by atoms with Crippen LogP contribution in [0.1, 0.15) is 0 Å². The van der Waals surface area contributed by atoms with Gasteiger partial charge in [0.05, 0.1) is 19.3 Å². The Morgan fingerprint density at radius 1 is 1.12 bits per heavy atom. The van der Waals surface area contributed by atoms with Crippen molar-refractivity contribution >= 4 is 28.2 Å². The van der Waals surface area contributed by atoms with Gasteiger partial charge >= 0.3 is 0 Å². The van der Waals surface area contributed by atoms with Crippen LogP contribution in [0.3, 0.4) is 0 Å². The summed E-state index contributed by atoms with van der Waals surface area (Å²) in [6.45, 7) is -0.371. The van der Waals surface area contributed by atoms with Crippen molar-refractivity contribution in [3.05, 3.63) is 29.4 Å². The van der Waals surface area contributed by atoms with Crippen molar-refractivity contribution in [3.63, 3.8) is 0 Å². The maximum atomic E-state index is 9.02. The van der Waals surface area contributed by atoms with E-state index in [0.717, 1.165) is 10.8 Å². The SMILES string of the molecule is OCC(CO)Nc1nnc(Cl)c2ccccc12. The summed E-state index contributed by atoms with van der Waals surface area (Å²) in [4.78, 5) is 0. The van der Waals surface area contributed by atoms with Gasteiger partial charge in [0.2, 0.25) is 0 Å². The van der Waals surface area contributed by atoms with E-state index in [0.29, 0.717) is 11.0 Å². The number of nitrogens with one attached hydrogen (secondary N) is 1. The second-order valence-electron chi connectivity index (χ2n) is 3.59. The van der Waals surface area contributed by atoms with Gasteiger partial charge in [0.15, 0.2) is 11.0 Å². The summed E-state index contributed by atoms with van der Waals surface area (Å²) in [5.41, 5.74) is 0. The average molecular weight is 254 g/mol. The van der Waals surface area contributed by atoms with E-state index in [1.165, 1.54) is 0 Å². The standard InChI is InChI=1S/C11H12ClN3O2/c12-10-8-3-1-2-4-9(8)11(15-14-10)13-7(5-16)6-17/h1-4,7,16-17H,5-6H2,(H,13,15). The molecule has 0 aliphatic carbocycles. The van der Waals surface area contributed by atoms with Gasteiger partial charge in [-0.1, -0.05) is 35.9 Å². The van der Waals surface area contributed by atoms with Gasteiger partial charge in [0.1, 0.15) is 0 Å². The molecule has 0 fully saturated rings. The van der Waals surface area contributed by atoms with Crippen molar-refractivity contribution in [2.45, 2.75) is 6.04 Å². The molecule has 0 unspecified atom stereocenters. The minimum absolute atomic E-state index is 0.185. The largest absolute Gasteiger partial charge is 0.394 e. The number of hydrogen-bond donors (Lipinski definition) is 3. The molecule has 0 saturated heterocycles. The number of aliphatic hydroxyl groups excluding tert-OH is 2. The molecule has 0 spiro atoms. The average Bonchev–Trinajstić information content (AvgIpc) is 2.38. The molecule has 1 aromatic carbocycles. The fraction of sp³-hybridized carbons (Fsp3) is 0.273. The lowest BCUT2D eigenvalue weighted by atomic mass is 10.2. The highest BCUT2D eigenvalue weighted by Gasteiger charge is 2.11. The minimum atomic E-state index is -0.464. The van der Waals surface area contributed by atoms with Gasteiger partial charge in [0.25, 0.3) is 0 Å². The Balaban J connectivity index is 2.44. The maximum Gasteiger partial charge on any atom is 0.159 e. The molecule has 2 aromatic rings. The van der Waals surface area contributed by atoms with E-state index in [2.05, 4.69) is 15.5 Å². The third-order valence-corrected chi connectivity index (χ3v) is 2.70. The molecule has 5 nitrogen and oxygen atoms in total. The van der Waals surface area contributed by atoms with E-state index in [4.69, 9.17) is 21.8 Å². The highest BCUT2D eigenvalue weighted by Crippen LogP contribution is 2.25. The maximum absolute atomic E-state index is 9.02. The second-order valence-corrected chi connectivity index (χ2v) is 3.95. The first-order valence-corrected chi connectivity index (χ1v) is 5.53. The van der Waals surface area contributed by atoms with Crippen molar-refractivity contribution in [1.29, 1.82) is 0 Å². The van der Waals surface area contributed by atoms with Crippen LogP contribution < -0.4 is 5.32 Å². The van der Waals surface area contributed by atoms with E-state index < -0.39 is 6.04 Å². The molecule has 0 saturated carbocycles. The summed E-state index contributed by atoms with van der Waals surface area (Å²) < 4.78 is 0. The van der Waals surface area contributed by atoms with Gasteiger partial charge in [0, 0.05) is 10.8 Å².